The first-order chi connectivity index (χ1) is 12.5. The largest absolute Gasteiger partial charge is 0.354 e. The average Bonchev–Trinajstić information content (AvgIpc) is 2.64. The molecule has 1 aliphatic heterocycles. The smallest absolute Gasteiger partial charge is 0.272 e. The molecule has 0 radical (unpaired) electrons. The number of hydrogen-bond donors (Lipinski definition) is 1. The Hall–Kier alpha value is -3.05. The van der Waals surface area contributed by atoms with Gasteiger partial charge in [0.2, 0.25) is 0 Å². The minimum atomic E-state index is -0.362. The zero-order chi connectivity index (χ0) is 18.3. The van der Waals surface area contributed by atoms with E-state index in [1.165, 1.54) is 9.79 Å². The Balaban J connectivity index is 1.66. The maximum absolute atomic E-state index is 11.0. The molecule has 0 unspecified atom stereocenters. The molecule has 0 spiro atoms. The first-order valence-corrected chi connectivity index (χ1v) is 8.97. The van der Waals surface area contributed by atoms with E-state index in [0.29, 0.717) is 5.56 Å². The van der Waals surface area contributed by atoms with E-state index in [0.717, 1.165) is 28.1 Å². The standard InChI is InChI=1S/C21H16N2O2S/c1-13-11-15(7-9-19(13)23(24)25)14(2)16-8-10-21-18(12-16)22-17-5-3-4-6-20(17)26-21/h3-12,22H,2H2,1H3. The highest BCUT2D eigenvalue weighted by Gasteiger charge is 2.17. The summed E-state index contributed by atoms with van der Waals surface area (Å²) < 4.78 is 0. The minimum absolute atomic E-state index is 0.127. The zero-order valence-corrected chi connectivity index (χ0v) is 15.0. The van der Waals surface area contributed by atoms with Crippen molar-refractivity contribution in [1.82, 2.24) is 0 Å². The second-order valence-corrected chi connectivity index (χ2v) is 7.25. The molecule has 5 heteroatoms. The highest BCUT2D eigenvalue weighted by molar-refractivity contribution is 7.99. The number of benzene rings is 3. The zero-order valence-electron chi connectivity index (χ0n) is 14.2. The fourth-order valence-corrected chi connectivity index (χ4v) is 4.01. The number of nitrogens with one attached hydrogen (secondary N) is 1. The van der Waals surface area contributed by atoms with Crippen LogP contribution in [-0.2, 0) is 0 Å². The van der Waals surface area contributed by atoms with E-state index in [9.17, 15) is 10.1 Å². The highest BCUT2D eigenvalue weighted by atomic mass is 32.2. The molecule has 0 aromatic heterocycles. The normalized spacial score (nSPS) is 11.9. The molecule has 3 aromatic carbocycles. The quantitative estimate of drug-likeness (QED) is 0.350. The number of fused-ring (bicyclic) bond motifs is 2. The van der Waals surface area contributed by atoms with Gasteiger partial charge in [0.1, 0.15) is 0 Å². The Morgan fingerprint density at radius 1 is 1.00 bits per heavy atom. The number of hydrogen-bond acceptors (Lipinski definition) is 4. The van der Waals surface area contributed by atoms with Gasteiger partial charge in [0.25, 0.3) is 5.69 Å². The minimum Gasteiger partial charge on any atom is -0.354 e. The van der Waals surface area contributed by atoms with Crippen LogP contribution < -0.4 is 5.32 Å². The summed E-state index contributed by atoms with van der Waals surface area (Å²) in [6, 6.07) is 19.5. The topological polar surface area (TPSA) is 55.2 Å². The molecule has 1 aliphatic rings. The number of nitrogens with zero attached hydrogens (tertiary/aromatic N) is 1. The first kappa shape index (κ1) is 16.4. The van der Waals surface area contributed by atoms with Crippen molar-refractivity contribution in [3.05, 3.63) is 94.0 Å². The van der Waals surface area contributed by atoms with Gasteiger partial charge in [-0.05, 0) is 60.0 Å². The van der Waals surface area contributed by atoms with Crippen LogP contribution in [0.5, 0.6) is 0 Å². The van der Waals surface area contributed by atoms with Crippen molar-refractivity contribution >= 4 is 34.4 Å². The van der Waals surface area contributed by atoms with Crippen molar-refractivity contribution in [2.75, 3.05) is 5.32 Å². The summed E-state index contributed by atoms with van der Waals surface area (Å²) in [5.74, 6) is 0. The van der Waals surface area contributed by atoms with E-state index in [2.05, 4.69) is 36.2 Å². The van der Waals surface area contributed by atoms with E-state index >= 15 is 0 Å². The summed E-state index contributed by atoms with van der Waals surface area (Å²) in [5.41, 5.74) is 5.62. The molecule has 0 bridgehead atoms. The Kier molecular flexibility index (Phi) is 4.01. The predicted molar refractivity (Wildman–Crippen MR) is 106 cm³/mol. The van der Waals surface area contributed by atoms with Gasteiger partial charge in [0, 0.05) is 21.4 Å². The van der Waals surface area contributed by atoms with E-state index in [1.807, 2.05) is 24.3 Å². The molecule has 0 atom stereocenters. The van der Waals surface area contributed by atoms with Gasteiger partial charge in [0.05, 0.1) is 16.3 Å². The molecule has 0 fully saturated rings. The second kappa shape index (κ2) is 6.35. The van der Waals surface area contributed by atoms with Crippen molar-refractivity contribution in [2.45, 2.75) is 16.7 Å². The molecule has 128 valence electrons. The van der Waals surface area contributed by atoms with Crippen LogP contribution in [0.3, 0.4) is 0 Å². The van der Waals surface area contributed by atoms with Crippen LogP contribution in [0.2, 0.25) is 0 Å². The van der Waals surface area contributed by atoms with E-state index in [-0.39, 0.29) is 10.6 Å². The van der Waals surface area contributed by atoms with E-state index in [4.69, 9.17) is 0 Å². The summed E-state index contributed by atoms with van der Waals surface area (Å²) >= 11 is 1.74. The van der Waals surface area contributed by atoms with Crippen molar-refractivity contribution in [3.63, 3.8) is 0 Å². The molecular weight excluding hydrogens is 344 g/mol. The van der Waals surface area contributed by atoms with Crippen LogP contribution in [0.1, 0.15) is 16.7 Å². The SMILES string of the molecule is C=C(c1ccc([N+](=O)[O-])c(C)c1)c1ccc2c(c1)Nc1ccccc1S2. The summed E-state index contributed by atoms with van der Waals surface area (Å²) in [6.07, 6.45) is 0. The van der Waals surface area contributed by atoms with Crippen molar-refractivity contribution in [2.24, 2.45) is 0 Å². The number of rotatable bonds is 3. The predicted octanol–water partition coefficient (Wildman–Crippen LogP) is 6.17. The van der Waals surface area contributed by atoms with E-state index in [1.54, 1.807) is 30.8 Å². The van der Waals surface area contributed by atoms with Gasteiger partial charge < -0.3 is 5.32 Å². The number of para-hydroxylation sites is 1. The van der Waals surface area contributed by atoms with Crippen LogP contribution in [0.15, 0.2) is 77.0 Å². The summed E-state index contributed by atoms with van der Waals surface area (Å²) in [4.78, 5) is 13.0. The molecule has 0 saturated carbocycles. The monoisotopic (exact) mass is 360 g/mol. The maximum Gasteiger partial charge on any atom is 0.272 e. The molecule has 0 amide bonds. The van der Waals surface area contributed by atoms with Gasteiger partial charge in [-0.2, -0.15) is 0 Å². The van der Waals surface area contributed by atoms with Crippen LogP contribution in [0.25, 0.3) is 5.57 Å². The Labute approximate surface area is 155 Å². The maximum atomic E-state index is 11.0. The third kappa shape index (κ3) is 2.86. The van der Waals surface area contributed by atoms with Crippen molar-refractivity contribution < 1.29 is 4.92 Å². The molecule has 1 heterocycles. The fraction of sp³-hybridized carbons (Fsp3) is 0.0476. The highest BCUT2D eigenvalue weighted by Crippen LogP contribution is 2.44. The number of aryl methyl sites for hydroxylation is 1. The Bertz CT molecular complexity index is 1060. The average molecular weight is 360 g/mol. The van der Waals surface area contributed by atoms with Crippen LogP contribution in [0.4, 0.5) is 17.1 Å². The number of nitro groups is 1. The van der Waals surface area contributed by atoms with Gasteiger partial charge in [-0.25, -0.2) is 0 Å². The van der Waals surface area contributed by atoms with Gasteiger partial charge >= 0.3 is 0 Å². The van der Waals surface area contributed by atoms with Crippen molar-refractivity contribution in [1.29, 1.82) is 0 Å². The number of anilines is 2. The Morgan fingerprint density at radius 2 is 1.69 bits per heavy atom. The third-order valence-electron chi connectivity index (χ3n) is 4.45. The summed E-state index contributed by atoms with van der Waals surface area (Å²) in [7, 11) is 0. The Morgan fingerprint density at radius 3 is 2.46 bits per heavy atom. The first-order valence-electron chi connectivity index (χ1n) is 8.15. The lowest BCUT2D eigenvalue weighted by molar-refractivity contribution is -0.385. The summed E-state index contributed by atoms with van der Waals surface area (Å²) in [6.45, 7) is 5.95. The third-order valence-corrected chi connectivity index (χ3v) is 5.60. The van der Waals surface area contributed by atoms with Crippen LogP contribution in [0, 0.1) is 17.0 Å². The molecule has 1 N–H and O–H groups in total. The lowest BCUT2D eigenvalue weighted by atomic mass is 9.97. The van der Waals surface area contributed by atoms with Crippen molar-refractivity contribution in [3.8, 4) is 0 Å². The van der Waals surface area contributed by atoms with Gasteiger partial charge in [-0.15, -0.1) is 0 Å². The lowest BCUT2D eigenvalue weighted by Crippen LogP contribution is -2.00. The van der Waals surface area contributed by atoms with Crippen LogP contribution in [-0.4, -0.2) is 4.92 Å². The molecular formula is C21H16N2O2S. The van der Waals surface area contributed by atoms with E-state index < -0.39 is 0 Å². The fourth-order valence-electron chi connectivity index (χ4n) is 3.04. The summed E-state index contributed by atoms with van der Waals surface area (Å²) in [5, 5.41) is 14.5. The van der Waals surface area contributed by atoms with Crippen LogP contribution >= 0.6 is 11.8 Å². The number of nitro benzene ring substituents is 1. The van der Waals surface area contributed by atoms with Gasteiger partial charge in [-0.3, -0.25) is 10.1 Å². The molecule has 3 aromatic rings. The molecule has 0 aliphatic carbocycles. The van der Waals surface area contributed by atoms with Gasteiger partial charge in [-0.1, -0.05) is 36.5 Å². The van der Waals surface area contributed by atoms with Gasteiger partial charge in [0.15, 0.2) is 0 Å². The molecule has 0 saturated heterocycles. The lowest BCUT2D eigenvalue weighted by Gasteiger charge is -2.21. The molecule has 4 rings (SSSR count). The second-order valence-electron chi connectivity index (χ2n) is 6.17. The molecule has 26 heavy (non-hydrogen) atoms. The molecule has 4 nitrogen and oxygen atoms in total.